The molecule has 0 fully saturated rings. The number of rotatable bonds is 47. The molecule has 0 heterocycles. The summed E-state index contributed by atoms with van der Waals surface area (Å²) in [5.41, 5.74) is 0. The first kappa shape index (κ1) is 56.9. The van der Waals surface area contributed by atoms with E-state index in [9.17, 15) is 14.4 Å². The zero-order valence-electron chi connectivity index (χ0n) is 39.5. The Hall–Kier alpha value is -2.11. The highest BCUT2D eigenvalue weighted by Crippen LogP contribution is 2.16. The Morgan fingerprint density at radius 1 is 0.322 bits per heavy atom. The van der Waals surface area contributed by atoms with Gasteiger partial charge in [-0.05, 0) is 64.2 Å². The van der Waals surface area contributed by atoms with Crippen molar-refractivity contribution in [3.8, 4) is 0 Å². The Morgan fingerprint density at radius 3 is 0.915 bits per heavy atom. The molecular weight excluding hydrogens is 733 g/mol. The van der Waals surface area contributed by atoms with Gasteiger partial charge in [0.15, 0.2) is 6.10 Å². The van der Waals surface area contributed by atoms with Crippen molar-refractivity contribution in [2.45, 2.75) is 284 Å². The van der Waals surface area contributed by atoms with Crippen molar-refractivity contribution in [3.63, 3.8) is 0 Å². The highest BCUT2D eigenvalue weighted by Gasteiger charge is 2.19. The summed E-state index contributed by atoms with van der Waals surface area (Å²) >= 11 is 0. The molecule has 0 rings (SSSR count). The predicted octanol–water partition coefficient (Wildman–Crippen LogP) is 16.8. The molecule has 0 bridgehead atoms. The number of allylic oxidation sites excluding steroid dienone is 4. The fourth-order valence-electron chi connectivity index (χ4n) is 7.48. The van der Waals surface area contributed by atoms with Crippen LogP contribution >= 0.6 is 0 Å². The van der Waals surface area contributed by atoms with Gasteiger partial charge in [0, 0.05) is 19.3 Å². The molecule has 0 aliphatic rings. The summed E-state index contributed by atoms with van der Waals surface area (Å²) in [7, 11) is 0. The van der Waals surface area contributed by atoms with Crippen LogP contribution in [-0.4, -0.2) is 37.2 Å². The number of hydrogen-bond acceptors (Lipinski definition) is 6. The summed E-state index contributed by atoms with van der Waals surface area (Å²) in [5.74, 6) is -0.891. The van der Waals surface area contributed by atoms with Crippen molar-refractivity contribution < 1.29 is 28.6 Å². The van der Waals surface area contributed by atoms with Crippen LogP contribution in [0.15, 0.2) is 24.3 Å². The van der Waals surface area contributed by atoms with Crippen LogP contribution < -0.4 is 0 Å². The first-order chi connectivity index (χ1) is 29.0. The lowest BCUT2D eigenvalue weighted by molar-refractivity contribution is -0.167. The van der Waals surface area contributed by atoms with E-state index in [0.717, 1.165) is 77.0 Å². The van der Waals surface area contributed by atoms with Gasteiger partial charge in [-0.2, -0.15) is 0 Å². The zero-order valence-corrected chi connectivity index (χ0v) is 39.5. The van der Waals surface area contributed by atoms with Crippen LogP contribution in [0.3, 0.4) is 0 Å². The molecule has 1 atom stereocenters. The molecule has 0 saturated heterocycles. The molecule has 0 radical (unpaired) electrons. The molecule has 0 saturated carbocycles. The van der Waals surface area contributed by atoms with E-state index in [1.54, 1.807) is 0 Å². The SMILES string of the molecule is CCCC/C=C\CCCCCCCC(=O)OCC(COC(=O)CCCCCCCCCCCCCCCCCC)OC(=O)CCCCC/C=C\CCCCCCCCC. The number of unbranched alkanes of at least 4 members (excludes halogenated alkanes) is 32. The van der Waals surface area contributed by atoms with Crippen LogP contribution in [0.25, 0.3) is 0 Å². The highest BCUT2D eigenvalue weighted by molar-refractivity contribution is 5.71. The average Bonchev–Trinajstić information content (AvgIpc) is 3.23. The summed E-state index contributed by atoms with van der Waals surface area (Å²) < 4.78 is 16.8. The molecule has 0 amide bonds. The second kappa shape index (κ2) is 48.6. The first-order valence-corrected chi connectivity index (χ1v) is 25.8. The fourth-order valence-corrected chi connectivity index (χ4v) is 7.48. The number of ether oxygens (including phenoxy) is 3. The Balaban J connectivity index is 4.34. The second-order valence-electron chi connectivity index (χ2n) is 17.4. The van der Waals surface area contributed by atoms with Gasteiger partial charge in [-0.15, -0.1) is 0 Å². The van der Waals surface area contributed by atoms with Gasteiger partial charge in [-0.25, -0.2) is 0 Å². The minimum absolute atomic E-state index is 0.0763. The van der Waals surface area contributed by atoms with Crippen LogP contribution in [0.1, 0.15) is 278 Å². The van der Waals surface area contributed by atoms with Crippen LogP contribution in [0.4, 0.5) is 0 Å². The van der Waals surface area contributed by atoms with E-state index in [2.05, 4.69) is 45.1 Å². The summed E-state index contributed by atoms with van der Waals surface area (Å²) in [6.07, 6.45) is 54.5. The van der Waals surface area contributed by atoms with Gasteiger partial charge in [0.25, 0.3) is 0 Å². The van der Waals surface area contributed by atoms with Gasteiger partial charge in [-0.3, -0.25) is 14.4 Å². The van der Waals surface area contributed by atoms with Crippen molar-refractivity contribution in [3.05, 3.63) is 24.3 Å². The van der Waals surface area contributed by atoms with Gasteiger partial charge in [-0.1, -0.05) is 218 Å². The second-order valence-corrected chi connectivity index (χ2v) is 17.4. The van der Waals surface area contributed by atoms with E-state index in [4.69, 9.17) is 14.2 Å². The zero-order chi connectivity index (χ0) is 43.0. The molecule has 0 spiro atoms. The minimum Gasteiger partial charge on any atom is -0.462 e. The van der Waals surface area contributed by atoms with Gasteiger partial charge >= 0.3 is 17.9 Å². The van der Waals surface area contributed by atoms with E-state index in [-0.39, 0.29) is 31.1 Å². The monoisotopic (exact) mass is 831 g/mol. The van der Waals surface area contributed by atoms with Crippen LogP contribution in [0.2, 0.25) is 0 Å². The minimum atomic E-state index is -0.777. The number of carbonyl (C=O) groups is 3. The van der Waals surface area contributed by atoms with Gasteiger partial charge < -0.3 is 14.2 Å². The molecule has 6 nitrogen and oxygen atoms in total. The third-order valence-corrected chi connectivity index (χ3v) is 11.4. The van der Waals surface area contributed by atoms with Crippen molar-refractivity contribution in [2.75, 3.05) is 13.2 Å². The highest BCUT2D eigenvalue weighted by atomic mass is 16.6. The fraction of sp³-hybridized carbons (Fsp3) is 0.868. The van der Waals surface area contributed by atoms with Crippen LogP contribution in [0, 0.1) is 0 Å². The topological polar surface area (TPSA) is 78.9 Å². The third kappa shape index (κ3) is 46.8. The average molecular weight is 831 g/mol. The van der Waals surface area contributed by atoms with Crippen molar-refractivity contribution >= 4 is 17.9 Å². The number of esters is 3. The van der Waals surface area contributed by atoms with E-state index in [1.807, 2.05) is 0 Å². The van der Waals surface area contributed by atoms with E-state index >= 15 is 0 Å². The molecule has 1 unspecified atom stereocenters. The summed E-state index contributed by atoms with van der Waals surface area (Å²) in [6, 6.07) is 0. The lowest BCUT2D eigenvalue weighted by Crippen LogP contribution is -2.30. The Bertz CT molecular complexity index is 958. The molecule has 0 aromatic heterocycles. The summed E-state index contributed by atoms with van der Waals surface area (Å²) in [6.45, 7) is 6.60. The standard InChI is InChI=1S/C53H98O6/c1-4-7-10-13-16-19-22-24-26-27-29-31-34-37-40-43-46-52(55)58-49-50(48-57-51(54)45-42-39-36-33-30-21-18-15-12-9-6-3)59-53(56)47-44-41-38-35-32-28-25-23-20-17-14-11-8-5-2/h15,18,28,32,50H,4-14,16-17,19-27,29-31,33-49H2,1-3H3/b18-15-,32-28-. The molecule has 0 aromatic rings. The Kier molecular flexibility index (Phi) is 46.8. The predicted molar refractivity (Wildman–Crippen MR) is 252 cm³/mol. The van der Waals surface area contributed by atoms with E-state index < -0.39 is 6.10 Å². The van der Waals surface area contributed by atoms with Crippen LogP contribution in [0.5, 0.6) is 0 Å². The molecule has 0 N–H and O–H groups in total. The smallest absolute Gasteiger partial charge is 0.306 e. The quantitative estimate of drug-likeness (QED) is 0.0263. The third-order valence-electron chi connectivity index (χ3n) is 11.4. The maximum atomic E-state index is 12.8. The largest absolute Gasteiger partial charge is 0.462 e. The normalized spacial score (nSPS) is 12.1. The molecular formula is C53H98O6. The van der Waals surface area contributed by atoms with Crippen molar-refractivity contribution in [1.29, 1.82) is 0 Å². The molecule has 0 aliphatic carbocycles. The maximum Gasteiger partial charge on any atom is 0.306 e. The van der Waals surface area contributed by atoms with Crippen molar-refractivity contribution in [1.82, 2.24) is 0 Å². The Labute approximate surface area is 366 Å². The lowest BCUT2D eigenvalue weighted by Gasteiger charge is -2.18. The maximum absolute atomic E-state index is 12.8. The molecule has 6 heteroatoms. The lowest BCUT2D eigenvalue weighted by atomic mass is 10.0. The molecule has 0 aliphatic heterocycles. The van der Waals surface area contributed by atoms with E-state index in [1.165, 1.54) is 161 Å². The molecule has 59 heavy (non-hydrogen) atoms. The summed E-state index contributed by atoms with van der Waals surface area (Å²) in [5, 5.41) is 0. The number of hydrogen-bond donors (Lipinski definition) is 0. The van der Waals surface area contributed by atoms with Gasteiger partial charge in [0.2, 0.25) is 0 Å². The van der Waals surface area contributed by atoms with Gasteiger partial charge in [0.1, 0.15) is 13.2 Å². The molecule has 0 aromatic carbocycles. The van der Waals surface area contributed by atoms with E-state index in [0.29, 0.717) is 19.3 Å². The molecule has 346 valence electrons. The number of carbonyl (C=O) groups excluding carboxylic acids is 3. The van der Waals surface area contributed by atoms with Crippen LogP contribution in [-0.2, 0) is 28.6 Å². The summed E-state index contributed by atoms with van der Waals surface area (Å²) in [4.78, 5) is 37.9. The Morgan fingerprint density at radius 2 is 0.576 bits per heavy atom. The van der Waals surface area contributed by atoms with Crippen molar-refractivity contribution in [2.24, 2.45) is 0 Å². The van der Waals surface area contributed by atoms with Gasteiger partial charge in [0.05, 0.1) is 0 Å². The first-order valence-electron chi connectivity index (χ1n) is 25.8.